The van der Waals surface area contributed by atoms with Crippen LogP contribution in [0.5, 0.6) is 0 Å². The van der Waals surface area contributed by atoms with Crippen LogP contribution in [0.4, 0.5) is 0 Å². The molecule has 74 valence electrons. The first-order chi connectivity index (χ1) is 6.84. The van der Waals surface area contributed by atoms with Crippen molar-refractivity contribution in [3.05, 3.63) is 30.1 Å². The molecule has 1 aliphatic rings. The van der Waals surface area contributed by atoms with Gasteiger partial charge in [-0.3, -0.25) is 9.98 Å². The highest BCUT2D eigenvalue weighted by Crippen LogP contribution is 2.18. The van der Waals surface area contributed by atoms with E-state index in [0.29, 0.717) is 6.04 Å². The Bertz CT molecular complexity index is 323. The second-order valence-electron chi connectivity index (χ2n) is 3.33. The van der Waals surface area contributed by atoms with Gasteiger partial charge in [-0.25, -0.2) is 0 Å². The Kier molecular flexibility index (Phi) is 3.03. The van der Waals surface area contributed by atoms with Gasteiger partial charge in [0, 0.05) is 18.1 Å². The predicted molar refractivity (Wildman–Crippen MR) is 60.4 cm³/mol. The maximum atomic E-state index is 5.59. The molecule has 2 N–H and O–H groups in total. The van der Waals surface area contributed by atoms with Gasteiger partial charge in [-0.15, -0.1) is 0 Å². The van der Waals surface area contributed by atoms with Crippen LogP contribution in [0.2, 0.25) is 0 Å². The third-order valence-corrected chi connectivity index (χ3v) is 3.18. The molecule has 4 heteroatoms. The number of nitrogens with zero attached hydrogens (tertiary/aromatic N) is 2. The summed E-state index contributed by atoms with van der Waals surface area (Å²) in [5.41, 5.74) is 6.87. The third kappa shape index (κ3) is 2.48. The average Bonchev–Trinajstić information content (AvgIpc) is 2.63. The molecule has 2 heterocycles. The van der Waals surface area contributed by atoms with E-state index in [2.05, 4.69) is 16.0 Å². The minimum Gasteiger partial charge on any atom is -0.379 e. The van der Waals surface area contributed by atoms with E-state index in [1.54, 1.807) is 18.0 Å². The Morgan fingerprint density at radius 2 is 2.50 bits per heavy atom. The summed E-state index contributed by atoms with van der Waals surface area (Å²) in [5, 5.41) is 0.737. The van der Waals surface area contributed by atoms with Gasteiger partial charge in [0.05, 0.1) is 6.04 Å². The molecule has 1 aliphatic heterocycles. The van der Waals surface area contributed by atoms with Crippen LogP contribution in [0.3, 0.4) is 0 Å². The van der Waals surface area contributed by atoms with Crippen LogP contribution >= 0.6 is 11.8 Å². The van der Waals surface area contributed by atoms with Gasteiger partial charge in [0.2, 0.25) is 0 Å². The summed E-state index contributed by atoms with van der Waals surface area (Å²) >= 11 is 1.65. The van der Waals surface area contributed by atoms with Crippen molar-refractivity contribution >= 4 is 16.9 Å². The van der Waals surface area contributed by atoms with Crippen LogP contribution in [0.25, 0.3) is 0 Å². The molecule has 1 atom stereocenters. The van der Waals surface area contributed by atoms with Crippen molar-refractivity contribution in [2.45, 2.75) is 18.9 Å². The van der Waals surface area contributed by atoms with E-state index < -0.39 is 0 Å². The highest BCUT2D eigenvalue weighted by atomic mass is 32.2. The molecule has 0 saturated carbocycles. The zero-order valence-corrected chi connectivity index (χ0v) is 8.70. The van der Waals surface area contributed by atoms with E-state index in [1.165, 1.54) is 5.56 Å². The van der Waals surface area contributed by atoms with Gasteiger partial charge in [0.25, 0.3) is 0 Å². The minimum absolute atomic E-state index is 0.403. The number of pyridine rings is 1. The SMILES string of the molecule is NC1=NC(CCc2cccnc2)CS1. The highest BCUT2D eigenvalue weighted by Gasteiger charge is 2.15. The number of aliphatic imine (C=N–C) groups is 1. The van der Waals surface area contributed by atoms with Crippen LogP contribution in [0.15, 0.2) is 29.5 Å². The Morgan fingerprint density at radius 1 is 1.57 bits per heavy atom. The lowest BCUT2D eigenvalue weighted by Gasteiger charge is -2.04. The lowest BCUT2D eigenvalue weighted by atomic mass is 10.1. The molecule has 0 aromatic carbocycles. The largest absolute Gasteiger partial charge is 0.379 e. The second-order valence-corrected chi connectivity index (χ2v) is 4.37. The molecule has 1 aromatic rings. The fourth-order valence-electron chi connectivity index (χ4n) is 1.46. The van der Waals surface area contributed by atoms with Crippen molar-refractivity contribution in [3.8, 4) is 0 Å². The molecule has 0 amide bonds. The molecule has 0 bridgehead atoms. The van der Waals surface area contributed by atoms with Gasteiger partial charge >= 0.3 is 0 Å². The maximum Gasteiger partial charge on any atom is 0.154 e. The molecule has 1 unspecified atom stereocenters. The van der Waals surface area contributed by atoms with Gasteiger partial charge in [-0.2, -0.15) is 0 Å². The minimum atomic E-state index is 0.403. The maximum absolute atomic E-state index is 5.59. The number of hydrogen-bond acceptors (Lipinski definition) is 4. The summed E-state index contributed by atoms with van der Waals surface area (Å²) < 4.78 is 0. The first kappa shape index (κ1) is 9.52. The third-order valence-electron chi connectivity index (χ3n) is 2.22. The first-order valence-corrected chi connectivity index (χ1v) is 5.68. The van der Waals surface area contributed by atoms with E-state index in [9.17, 15) is 0 Å². The Hall–Kier alpha value is -1.03. The first-order valence-electron chi connectivity index (χ1n) is 4.69. The van der Waals surface area contributed by atoms with Crippen LogP contribution < -0.4 is 5.73 Å². The molecule has 0 fully saturated rings. The fourth-order valence-corrected chi connectivity index (χ4v) is 2.29. The van der Waals surface area contributed by atoms with E-state index in [-0.39, 0.29) is 0 Å². The molecule has 2 rings (SSSR count). The number of aryl methyl sites for hydroxylation is 1. The molecule has 1 aromatic heterocycles. The van der Waals surface area contributed by atoms with Gasteiger partial charge in [-0.05, 0) is 24.5 Å². The molecule has 0 radical (unpaired) electrons. The number of aromatic nitrogens is 1. The van der Waals surface area contributed by atoms with Crippen LogP contribution in [0.1, 0.15) is 12.0 Å². The van der Waals surface area contributed by atoms with Crippen LogP contribution in [-0.2, 0) is 6.42 Å². The van der Waals surface area contributed by atoms with Crippen LogP contribution in [-0.4, -0.2) is 21.9 Å². The number of rotatable bonds is 3. The number of amidine groups is 1. The van der Waals surface area contributed by atoms with Crippen molar-refractivity contribution < 1.29 is 0 Å². The van der Waals surface area contributed by atoms with Crippen molar-refractivity contribution in [2.75, 3.05) is 5.75 Å². The summed E-state index contributed by atoms with van der Waals surface area (Å²) in [6, 6.07) is 4.47. The van der Waals surface area contributed by atoms with Crippen molar-refractivity contribution in [2.24, 2.45) is 10.7 Å². The van der Waals surface area contributed by atoms with E-state index in [0.717, 1.165) is 23.8 Å². The standard InChI is InChI=1S/C10H13N3S/c11-10-13-9(7-14-10)4-3-8-2-1-5-12-6-8/h1-2,5-6,9H,3-4,7H2,(H2,11,13). The molecule has 14 heavy (non-hydrogen) atoms. The summed E-state index contributed by atoms with van der Waals surface area (Å²) in [6.45, 7) is 0. The monoisotopic (exact) mass is 207 g/mol. The number of nitrogens with two attached hydrogens (primary N) is 1. The van der Waals surface area contributed by atoms with Crippen molar-refractivity contribution in [1.82, 2.24) is 4.98 Å². The summed E-state index contributed by atoms with van der Waals surface area (Å²) in [6.07, 6.45) is 5.81. The molecule has 0 saturated heterocycles. The van der Waals surface area contributed by atoms with Gasteiger partial charge in [0.15, 0.2) is 5.17 Å². The zero-order chi connectivity index (χ0) is 9.80. The zero-order valence-electron chi connectivity index (χ0n) is 7.89. The molecule has 0 aliphatic carbocycles. The molecule has 0 spiro atoms. The van der Waals surface area contributed by atoms with E-state index in [1.807, 2.05) is 12.3 Å². The average molecular weight is 207 g/mol. The molecular weight excluding hydrogens is 194 g/mol. The van der Waals surface area contributed by atoms with Crippen molar-refractivity contribution in [1.29, 1.82) is 0 Å². The van der Waals surface area contributed by atoms with E-state index in [4.69, 9.17) is 5.73 Å². The number of hydrogen-bond donors (Lipinski definition) is 1. The predicted octanol–water partition coefficient (Wildman–Crippen LogP) is 1.44. The summed E-state index contributed by atoms with van der Waals surface area (Å²) in [5.74, 6) is 1.03. The summed E-state index contributed by atoms with van der Waals surface area (Å²) in [4.78, 5) is 8.42. The van der Waals surface area contributed by atoms with Crippen molar-refractivity contribution in [3.63, 3.8) is 0 Å². The quantitative estimate of drug-likeness (QED) is 0.816. The highest BCUT2D eigenvalue weighted by molar-refractivity contribution is 8.14. The van der Waals surface area contributed by atoms with Gasteiger partial charge in [0.1, 0.15) is 0 Å². The normalized spacial score (nSPS) is 20.9. The number of thioether (sulfide) groups is 1. The van der Waals surface area contributed by atoms with Crippen LogP contribution in [0, 0.1) is 0 Å². The molecule has 3 nitrogen and oxygen atoms in total. The van der Waals surface area contributed by atoms with Gasteiger partial charge < -0.3 is 5.73 Å². The topological polar surface area (TPSA) is 51.3 Å². The second kappa shape index (κ2) is 4.46. The smallest absolute Gasteiger partial charge is 0.154 e. The lowest BCUT2D eigenvalue weighted by Crippen LogP contribution is -2.06. The molecular formula is C10H13N3S. The fraction of sp³-hybridized carbons (Fsp3) is 0.400. The summed E-state index contributed by atoms with van der Waals surface area (Å²) in [7, 11) is 0. The van der Waals surface area contributed by atoms with Gasteiger partial charge in [-0.1, -0.05) is 17.8 Å². The van der Waals surface area contributed by atoms with E-state index >= 15 is 0 Å². The Balaban J connectivity index is 1.84. The lowest BCUT2D eigenvalue weighted by molar-refractivity contribution is 0.683. The Morgan fingerprint density at radius 3 is 3.14 bits per heavy atom. The Labute approximate surface area is 87.8 Å².